The van der Waals surface area contributed by atoms with Crippen molar-refractivity contribution >= 4 is 5.91 Å². The second kappa shape index (κ2) is 10.9. The molecule has 16 heavy (non-hydrogen) atoms. The molecular formula is C12H25NO3. The Morgan fingerprint density at radius 2 is 2.00 bits per heavy atom. The second-order valence-corrected chi connectivity index (χ2v) is 4.12. The van der Waals surface area contributed by atoms with Crippen LogP contribution in [0.4, 0.5) is 0 Å². The van der Waals surface area contributed by atoms with Crippen LogP contribution in [0.15, 0.2) is 0 Å². The van der Waals surface area contributed by atoms with Crippen LogP contribution < -0.4 is 5.73 Å². The zero-order chi connectivity index (χ0) is 12.2. The van der Waals surface area contributed by atoms with Crippen molar-refractivity contribution in [1.82, 2.24) is 0 Å². The van der Waals surface area contributed by atoms with Gasteiger partial charge in [-0.3, -0.25) is 4.79 Å². The van der Waals surface area contributed by atoms with Gasteiger partial charge in [-0.15, -0.1) is 0 Å². The molecule has 1 amide bonds. The van der Waals surface area contributed by atoms with Crippen molar-refractivity contribution < 1.29 is 14.6 Å². The highest BCUT2D eigenvalue weighted by Crippen LogP contribution is 2.06. The highest BCUT2D eigenvalue weighted by molar-refractivity contribution is 5.73. The zero-order valence-corrected chi connectivity index (χ0v) is 10.3. The Kier molecular flexibility index (Phi) is 10.5. The van der Waals surface area contributed by atoms with Crippen LogP contribution in [0.2, 0.25) is 0 Å². The molecule has 0 aromatic carbocycles. The summed E-state index contributed by atoms with van der Waals surface area (Å²) in [6, 6.07) is 0. The first-order chi connectivity index (χ1) is 7.66. The van der Waals surface area contributed by atoms with Gasteiger partial charge in [-0.25, -0.2) is 0 Å². The number of carbonyl (C=O) groups is 1. The summed E-state index contributed by atoms with van der Waals surface area (Å²) in [6.45, 7) is 3.53. The van der Waals surface area contributed by atoms with E-state index in [1.54, 1.807) is 0 Å². The monoisotopic (exact) mass is 231 g/mol. The van der Waals surface area contributed by atoms with Gasteiger partial charge in [-0.1, -0.05) is 19.8 Å². The van der Waals surface area contributed by atoms with Gasteiger partial charge >= 0.3 is 0 Å². The minimum Gasteiger partial charge on any atom is -0.393 e. The van der Waals surface area contributed by atoms with Gasteiger partial charge in [0, 0.05) is 19.6 Å². The normalized spacial score (nSPS) is 12.6. The summed E-state index contributed by atoms with van der Waals surface area (Å²) in [4.78, 5) is 10.5. The molecule has 0 rings (SSSR count). The minimum absolute atomic E-state index is 0.266. The van der Waals surface area contributed by atoms with Gasteiger partial charge in [0.1, 0.15) is 0 Å². The average Bonchev–Trinajstić information content (AvgIpc) is 2.24. The molecular weight excluding hydrogens is 206 g/mol. The maximum atomic E-state index is 10.5. The van der Waals surface area contributed by atoms with E-state index in [1.807, 2.05) is 0 Å². The summed E-state index contributed by atoms with van der Waals surface area (Å²) in [6.07, 6.45) is 5.34. The maximum absolute atomic E-state index is 10.5. The van der Waals surface area contributed by atoms with E-state index >= 15 is 0 Å². The number of rotatable bonds is 11. The highest BCUT2D eigenvalue weighted by Gasteiger charge is 2.04. The van der Waals surface area contributed by atoms with Crippen LogP contribution in [0.3, 0.4) is 0 Å². The summed E-state index contributed by atoms with van der Waals surface area (Å²) < 4.78 is 5.36. The van der Waals surface area contributed by atoms with E-state index in [1.165, 1.54) is 0 Å². The van der Waals surface area contributed by atoms with Crippen LogP contribution in [-0.2, 0) is 9.53 Å². The Hall–Kier alpha value is -0.610. The fourth-order valence-electron chi connectivity index (χ4n) is 1.39. The van der Waals surface area contributed by atoms with E-state index < -0.39 is 0 Å². The Bertz CT molecular complexity index is 174. The van der Waals surface area contributed by atoms with E-state index in [9.17, 15) is 9.90 Å². The van der Waals surface area contributed by atoms with Crippen LogP contribution in [0.1, 0.15) is 51.9 Å². The molecule has 0 saturated carbocycles. The molecule has 4 heteroatoms. The van der Waals surface area contributed by atoms with E-state index in [4.69, 9.17) is 10.5 Å². The molecule has 0 radical (unpaired) electrons. The molecule has 0 unspecified atom stereocenters. The third-order valence-electron chi connectivity index (χ3n) is 2.45. The molecule has 0 saturated heterocycles. The minimum atomic E-state index is -0.311. The molecule has 0 fully saturated rings. The van der Waals surface area contributed by atoms with Gasteiger partial charge in [0.05, 0.1) is 6.10 Å². The fourth-order valence-corrected chi connectivity index (χ4v) is 1.39. The lowest BCUT2D eigenvalue weighted by Crippen LogP contribution is -2.12. The molecule has 4 nitrogen and oxygen atoms in total. The number of aliphatic hydroxyl groups is 1. The summed E-state index contributed by atoms with van der Waals surface area (Å²) in [5.74, 6) is -0.266. The van der Waals surface area contributed by atoms with Crippen LogP contribution in [0.5, 0.6) is 0 Å². The van der Waals surface area contributed by atoms with Gasteiger partial charge in [-0.2, -0.15) is 0 Å². The van der Waals surface area contributed by atoms with E-state index in [-0.39, 0.29) is 12.0 Å². The summed E-state index contributed by atoms with van der Waals surface area (Å²) in [5, 5.41) is 9.57. The van der Waals surface area contributed by atoms with E-state index in [0.717, 1.165) is 38.7 Å². The number of carbonyl (C=O) groups excluding carboxylic acids is 1. The maximum Gasteiger partial charge on any atom is 0.217 e. The first-order valence-corrected chi connectivity index (χ1v) is 6.21. The summed E-state index contributed by atoms with van der Waals surface area (Å²) in [5.41, 5.74) is 5.01. The molecule has 0 spiro atoms. The van der Waals surface area contributed by atoms with E-state index in [0.29, 0.717) is 19.4 Å². The Morgan fingerprint density at radius 3 is 2.62 bits per heavy atom. The largest absolute Gasteiger partial charge is 0.393 e. The number of aliphatic hydroxyl groups excluding tert-OH is 1. The van der Waals surface area contributed by atoms with E-state index in [2.05, 4.69) is 6.92 Å². The molecule has 0 aromatic heterocycles. The van der Waals surface area contributed by atoms with Gasteiger partial charge in [-0.05, 0) is 25.7 Å². The summed E-state index contributed by atoms with van der Waals surface area (Å²) >= 11 is 0. The third kappa shape index (κ3) is 11.5. The zero-order valence-electron chi connectivity index (χ0n) is 10.3. The molecule has 0 aromatic rings. The molecule has 0 aliphatic carbocycles. The molecule has 0 aliphatic rings. The second-order valence-electron chi connectivity index (χ2n) is 4.12. The van der Waals surface area contributed by atoms with Crippen molar-refractivity contribution in [3.05, 3.63) is 0 Å². The molecule has 0 aliphatic heterocycles. The number of amides is 1. The lowest BCUT2D eigenvalue weighted by molar-refractivity contribution is -0.118. The fraction of sp³-hybridized carbons (Fsp3) is 0.917. The van der Waals surface area contributed by atoms with Gasteiger partial charge in [0.15, 0.2) is 0 Å². The van der Waals surface area contributed by atoms with Crippen LogP contribution in [0, 0.1) is 0 Å². The topological polar surface area (TPSA) is 72.6 Å². The number of hydrogen-bond acceptors (Lipinski definition) is 3. The van der Waals surface area contributed by atoms with Gasteiger partial charge in [0.2, 0.25) is 5.91 Å². The van der Waals surface area contributed by atoms with Crippen molar-refractivity contribution in [3.63, 3.8) is 0 Å². The van der Waals surface area contributed by atoms with Crippen molar-refractivity contribution in [2.75, 3.05) is 13.2 Å². The van der Waals surface area contributed by atoms with Crippen molar-refractivity contribution in [2.45, 2.75) is 58.0 Å². The van der Waals surface area contributed by atoms with Crippen LogP contribution >= 0.6 is 0 Å². The van der Waals surface area contributed by atoms with Gasteiger partial charge < -0.3 is 15.6 Å². The first-order valence-electron chi connectivity index (χ1n) is 6.21. The smallest absolute Gasteiger partial charge is 0.217 e. The Balaban J connectivity index is 3.18. The van der Waals surface area contributed by atoms with Crippen LogP contribution in [0.25, 0.3) is 0 Å². The van der Waals surface area contributed by atoms with Crippen molar-refractivity contribution in [2.24, 2.45) is 5.73 Å². The number of primary amides is 1. The number of nitrogens with two attached hydrogens (primary N) is 1. The van der Waals surface area contributed by atoms with Crippen LogP contribution in [-0.4, -0.2) is 30.3 Å². The predicted octanol–water partition coefficient (Wildman–Crippen LogP) is 1.60. The standard InChI is InChI=1S/C12H25NO3/c1-2-3-9-16-10-8-11(14)6-4-5-7-12(13)15/h11,14H,2-10H2,1H3,(H2,13,15)/t11-/m0/s1. The summed E-state index contributed by atoms with van der Waals surface area (Å²) in [7, 11) is 0. The molecule has 3 N–H and O–H groups in total. The molecule has 0 heterocycles. The number of hydrogen-bond donors (Lipinski definition) is 2. The quantitative estimate of drug-likeness (QED) is 0.530. The highest BCUT2D eigenvalue weighted by atomic mass is 16.5. The number of ether oxygens (including phenoxy) is 1. The third-order valence-corrected chi connectivity index (χ3v) is 2.45. The van der Waals surface area contributed by atoms with Crippen molar-refractivity contribution in [3.8, 4) is 0 Å². The molecule has 0 bridgehead atoms. The first kappa shape index (κ1) is 15.4. The lowest BCUT2D eigenvalue weighted by Gasteiger charge is -2.10. The lowest BCUT2D eigenvalue weighted by atomic mass is 10.1. The average molecular weight is 231 g/mol. The Labute approximate surface area is 98.2 Å². The van der Waals surface area contributed by atoms with Gasteiger partial charge in [0.25, 0.3) is 0 Å². The van der Waals surface area contributed by atoms with Crippen molar-refractivity contribution in [1.29, 1.82) is 0 Å². The predicted molar refractivity (Wildman–Crippen MR) is 64.0 cm³/mol. The SMILES string of the molecule is CCCCOCC[C@@H](O)CCCCC(N)=O. The number of unbranched alkanes of at least 4 members (excludes halogenated alkanes) is 2. The molecule has 96 valence electrons. The Morgan fingerprint density at radius 1 is 1.25 bits per heavy atom. The molecule has 1 atom stereocenters.